The molecule has 1 aromatic carbocycles. The van der Waals surface area contributed by atoms with Gasteiger partial charge < -0.3 is 10.5 Å². The van der Waals surface area contributed by atoms with E-state index in [1.165, 1.54) is 6.07 Å². The van der Waals surface area contributed by atoms with E-state index in [9.17, 15) is 4.39 Å². The number of hydrogen-bond donors (Lipinski definition) is 1. The third kappa shape index (κ3) is 4.00. The molecule has 0 radical (unpaired) electrons. The number of ether oxygens (including phenoxy) is 1. The zero-order valence-corrected chi connectivity index (χ0v) is 10.9. The molecular formula is C14H22FNO. The second-order valence-corrected chi connectivity index (χ2v) is 4.48. The summed E-state index contributed by atoms with van der Waals surface area (Å²) in [5, 5.41) is 0. The zero-order chi connectivity index (χ0) is 12.8. The average molecular weight is 239 g/mol. The zero-order valence-electron chi connectivity index (χ0n) is 10.9. The first-order valence-electron chi connectivity index (χ1n) is 6.24. The van der Waals surface area contributed by atoms with Gasteiger partial charge in [-0.2, -0.15) is 0 Å². The predicted octanol–water partition coefficient (Wildman–Crippen LogP) is 3.72. The van der Waals surface area contributed by atoms with E-state index in [1.807, 2.05) is 6.92 Å². The van der Waals surface area contributed by atoms with Crippen molar-refractivity contribution in [3.63, 3.8) is 0 Å². The maximum absolute atomic E-state index is 13.5. The van der Waals surface area contributed by atoms with Crippen molar-refractivity contribution in [3.8, 4) is 5.75 Å². The van der Waals surface area contributed by atoms with Crippen LogP contribution in [-0.2, 0) is 0 Å². The standard InChI is InChI=1S/C14H22FNO/c1-4-5-6-7-17-14-8-10(2)13(15)9-12(14)11(3)16/h8-9,11H,4-7,16H2,1-3H3. The highest BCUT2D eigenvalue weighted by molar-refractivity contribution is 5.39. The van der Waals surface area contributed by atoms with Crippen LogP contribution in [0.4, 0.5) is 4.39 Å². The number of aryl methyl sites for hydroxylation is 1. The Labute approximate surface area is 103 Å². The van der Waals surface area contributed by atoms with Gasteiger partial charge in [0.1, 0.15) is 11.6 Å². The highest BCUT2D eigenvalue weighted by Gasteiger charge is 2.11. The summed E-state index contributed by atoms with van der Waals surface area (Å²) in [5.74, 6) is 0.494. The van der Waals surface area contributed by atoms with Gasteiger partial charge in [-0.25, -0.2) is 4.39 Å². The average Bonchev–Trinajstić information content (AvgIpc) is 2.28. The Kier molecular flexibility index (Phi) is 5.42. The molecule has 0 aromatic heterocycles. The summed E-state index contributed by atoms with van der Waals surface area (Å²) in [6, 6.07) is 3.00. The van der Waals surface area contributed by atoms with Crippen LogP contribution in [0.2, 0.25) is 0 Å². The normalized spacial score (nSPS) is 12.5. The molecule has 1 aromatic rings. The number of benzene rings is 1. The van der Waals surface area contributed by atoms with Crippen molar-refractivity contribution in [1.29, 1.82) is 0 Å². The van der Waals surface area contributed by atoms with Gasteiger partial charge in [-0.1, -0.05) is 19.8 Å². The molecule has 0 saturated heterocycles. The fraction of sp³-hybridized carbons (Fsp3) is 0.571. The number of unbranched alkanes of at least 4 members (excludes halogenated alkanes) is 2. The SMILES string of the molecule is CCCCCOc1cc(C)c(F)cc1C(C)N. The summed E-state index contributed by atoms with van der Waals surface area (Å²) >= 11 is 0. The van der Waals surface area contributed by atoms with E-state index in [2.05, 4.69) is 6.92 Å². The summed E-state index contributed by atoms with van der Waals surface area (Å²) < 4.78 is 19.1. The predicted molar refractivity (Wildman–Crippen MR) is 68.8 cm³/mol. The molecule has 1 rings (SSSR count). The van der Waals surface area contributed by atoms with Crippen LogP contribution in [0.3, 0.4) is 0 Å². The molecule has 0 saturated carbocycles. The quantitative estimate of drug-likeness (QED) is 0.768. The molecule has 96 valence electrons. The van der Waals surface area contributed by atoms with Crippen LogP contribution < -0.4 is 10.5 Å². The lowest BCUT2D eigenvalue weighted by Crippen LogP contribution is -2.10. The Morgan fingerprint density at radius 3 is 2.65 bits per heavy atom. The minimum atomic E-state index is -0.224. The lowest BCUT2D eigenvalue weighted by atomic mass is 10.1. The van der Waals surface area contributed by atoms with Crippen molar-refractivity contribution < 1.29 is 9.13 Å². The fourth-order valence-electron chi connectivity index (χ4n) is 1.69. The molecule has 1 atom stereocenters. The molecule has 0 fully saturated rings. The van der Waals surface area contributed by atoms with Crippen molar-refractivity contribution in [2.45, 2.75) is 46.1 Å². The number of nitrogens with two attached hydrogens (primary N) is 1. The van der Waals surface area contributed by atoms with Gasteiger partial charge in [-0.15, -0.1) is 0 Å². The Bertz CT molecular complexity index is 363. The molecule has 0 bridgehead atoms. The van der Waals surface area contributed by atoms with E-state index < -0.39 is 0 Å². The van der Waals surface area contributed by atoms with E-state index in [4.69, 9.17) is 10.5 Å². The first-order chi connectivity index (χ1) is 8.06. The smallest absolute Gasteiger partial charge is 0.126 e. The first kappa shape index (κ1) is 14.0. The maximum Gasteiger partial charge on any atom is 0.126 e. The molecule has 1 unspecified atom stereocenters. The third-order valence-corrected chi connectivity index (χ3v) is 2.79. The molecule has 0 spiro atoms. The second-order valence-electron chi connectivity index (χ2n) is 4.48. The Hall–Kier alpha value is -1.09. The summed E-state index contributed by atoms with van der Waals surface area (Å²) in [6.07, 6.45) is 3.32. The van der Waals surface area contributed by atoms with Gasteiger partial charge in [0.05, 0.1) is 6.61 Å². The molecule has 3 heteroatoms. The van der Waals surface area contributed by atoms with Crippen LogP contribution in [-0.4, -0.2) is 6.61 Å². The van der Waals surface area contributed by atoms with Gasteiger partial charge in [-0.3, -0.25) is 0 Å². The molecule has 0 aliphatic rings. The van der Waals surface area contributed by atoms with Crippen LogP contribution in [0.25, 0.3) is 0 Å². The van der Waals surface area contributed by atoms with Gasteiger partial charge in [-0.05, 0) is 38.0 Å². The summed E-state index contributed by atoms with van der Waals surface area (Å²) in [6.45, 7) is 6.39. The van der Waals surface area contributed by atoms with Crippen molar-refractivity contribution in [1.82, 2.24) is 0 Å². The summed E-state index contributed by atoms with van der Waals surface area (Å²) in [7, 11) is 0. The van der Waals surface area contributed by atoms with Crippen molar-refractivity contribution in [3.05, 3.63) is 29.1 Å². The molecule has 0 heterocycles. The lowest BCUT2D eigenvalue weighted by molar-refractivity contribution is 0.301. The highest BCUT2D eigenvalue weighted by Crippen LogP contribution is 2.27. The van der Waals surface area contributed by atoms with Crippen LogP contribution in [0.15, 0.2) is 12.1 Å². The highest BCUT2D eigenvalue weighted by atomic mass is 19.1. The topological polar surface area (TPSA) is 35.2 Å². The molecule has 0 amide bonds. The van der Waals surface area contributed by atoms with Crippen molar-refractivity contribution in [2.75, 3.05) is 6.61 Å². The maximum atomic E-state index is 13.5. The van der Waals surface area contributed by atoms with Crippen LogP contribution in [0.1, 0.15) is 50.3 Å². The molecule has 0 aliphatic carbocycles. The van der Waals surface area contributed by atoms with E-state index in [0.717, 1.165) is 30.6 Å². The number of rotatable bonds is 6. The Balaban J connectivity index is 2.78. The molecule has 17 heavy (non-hydrogen) atoms. The number of hydrogen-bond acceptors (Lipinski definition) is 2. The van der Waals surface area contributed by atoms with Gasteiger partial charge in [0.15, 0.2) is 0 Å². The first-order valence-corrected chi connectivity index (χ1v) is 6.24. The summed E-state index contributed by atoms with van der Waals surface area (Å²) in [5.41, 5.74) is 7.15. The van der Waals surface area contributed by atoms with E-state index in [-0.39, 0.29) is 11.9 Å². The van der Waals surface area contributed by atoms with Crippen LogP contribution in [0.5, 0.6) is 5.75 Å². The lowest BCUT2D eigenvalue weighted by Gasteiger charge is -2.15. The molecular weight excluding hydrogens is 217 g/mol. The Morgan fingerprint density at radius 2 is 2.06 bits per heavy atom. The third-order valence-electron chi connectivity index (χ3n) is 2.79. The van der Waals surface area contributed by atoms with Gasteiger partial charge in [0.25, 0.3) is 0 Å². The van der Waals surface area contributed by atoms with Gasteiger partial charge >= 0.3 is 0 Å². The Morgan fingerprint density at radius 1 is 1.35 bits per heavy atom. The van der Waals surface area contributed by atoms with E-state index >= 15 is 0 Å². The molecule has 0 aliphatic heterocycles. The molecule has 2 N–H and O–H groups in total. The van der Waals surface area contributed by atoms with E-state index in [0.29, 0.717) is 12.2 Å². The minimum Gasteiger partial charge on any atom is -0.493 e. The summed E-state index contributed by atoms with van der Waals surface area (Å²) in [4.78, 5) is 0. The van der Waals surface area contributed by atoms with Gasteiger partial charge in [0, 0.05) is 11.6 Å². The van der Waals surface area contributed by atoms with Crippen molar-refractivity contribution >= 4 is 0 Å². The van der Waals surface area contributed by atoms with Gasteiger partial charge in [0.2, 0.25) is 0 Å². The van der Waals surface area contributed by atoms with Crippen molar-refractivity contribution in [2.24, 2.45) is 5.73 Å². The second kappa shape index (κ2) is 6.60. The molecule has 2 nitrogen and oxygen atoms in total. The van der Waals surface area contributed by atoms with Crippen LogP contribution >= 0.6 is 0 Å². The van der Waals surface area contributed by atoms with E-state index in [1.54, 1.807) is 13.0 Å². The van der Waals surface area contributed by atoms with Crippen LogP contribution in [0, 0.1) is 12.7 Å². The fourth-order valence-corrected chi connectivity index (χ4v) is 1.69. The minimum absolute atomic E-state index is 0.216. The largest absolute Gasteiger partial charge is 0.493 e. The monoisotopic (exact) mass is 239 g/mol. The number of halogens is 1.